The molecule has 3 aromatic rings. The SMILES string of the molecule is CNS(=O)(=O)c1cccc(CNC(=O)c2c(C)nn3cccnc23)c1. The number of fused-ring (bicyclic) bond motifs is 1. The van der Waals surface area contributed by atoms with Gasteiger partial charge in [0.15, 0.2) is 5.65 Å². The Hall–Kier alpha value is -2.78. The van der Waals surface area contributed by atoms with Crippen LogP contribution in [0.1, 0.15) is 21.6 Å². The molecule has 0 fully saturated rings. The van der Waals surface area contributed by atoms with Gasteiger partial charge in [0.2, 0.25) is 10.0 Å². The Morgan fingerprint density at radius 1 is 1.28 bits per heavy atom. The van der Waals surface area contributed by atoms with E-state index >= 15 is 0 Å². The molecule has 2 heterocycles. The van der Waals surface area contributed by atoms with Crippen molar-refractivity contribution >= 4 is 21.6 Å². The minimum atomic E-state index is -3.52. The average Bonchev–Trinajstić information content (AvgIpc) is 2.95. The molecule has 0 bridgehead atoms. The number of carbonyl (C=O) groups excluding carboxylic acids is 1. The first kappa shape index (κ1) is 17.1. The number of carbonyl (C=O) groups is 1. The first-order valence-corrected chi connectivity index (χ1v) is 9.01. The molecule has 3 rings (SSSR count). The number of hydrogen-bond acceptors (Lipinski definition) is 5. The largest absolute Gasteiger partial charge is 0.348 e. The van der Waals surface area contributed by atoms with Crippen LogP contribution in [0.25, 0.3) is 5.65 Å². The fourth-order valence-electron chi connectivity index (χ4n) is 2.47. The van der Waals surface area contributed by atoms with Crippen LogP contribution in [0.15, 0.2) is 47.6 Å². The molecule has 1 aromatic carbocycles. The van der Waals surface area contributed by atoms with Gasteiger partial charge in [-0.25, -0.2) is 22.6 Å². The summed E-state index contributed by atoms with van der Waals surface area (Å²) in [7, 11) is -2.17. The first-order chi connectivity index (χ1) is 11.9. The second-order valence-corrected chi connectivity index (χ2v) is 7.27. The minimum Gasteiger partial charge on any atom is -0.348 e. The third-order valence-corrected chi connectivity index (χ3v) is 5.14. The highest BCUT2D eigenvalue weighted by Gasteiger charge is 2.18. The molecule has 9 heteroatoms. The highest BCUT2D eigenvalue weighted by molar-refractivity contribution is 7.89. The molecule has 0 saturated carbocycles. The number of sulfonamides is 1. The van der Waals surface area contributed by atoms with Crippen molar-refractivity contribution in [3.8, 4) is 0 Å². The summed E-state index contributed by atoms with van der Waals surface area (Å²) in [6.45, 7) is 1.93. The van der Waals surface area contributed by atoms with E-state index in [0.29, 0.717) is 22.5 Å². The van der Waals surface area contributed by atoms with Gasteiger partial charge in [-0.3, -0.25) is 4.79 Å². The summed E-state index contributed by atoms with van der Waals surface area (Å²) in [6.07, 6.45) is 3.32. The summed E-state index contributed by atoms with van der Waals surface area (Å²) in [5.74, 6) is -0.312. The summed E-state index contributed by atoms with van der Waals surface area (Å²) in [6, 6.07) is 8.13. The highest BCUT2D eigenvalue weighted by atomic mass is 32.2. The van der Waals surface area contributed by atoms with E-state index in [1.807, 2.05) is 0 Å². The average molecular weight is 359 g/mol. The Kier molecular flexibility index (Phi) is 4.51. The molecule has 0 radical (unpaired) electrons. The van der Waals surface area contributed by atoms with Crippen LogP contribution >= 0.6 is 0 Å². The molecular weight excluding hydrogens is 342 g/mol. The number of aromatic nitrogens is 3. The molecule has 2 N–H and O–H groups in total. The molecule has 25 heavy (non-hydrogen) atoms. The molecular formula is C16H17N5O3S. The van der Waals surface area contributed by atoms with Crippen LogP contribution in [0, 0.1) is 6.92 Å². The zero-order chi connectivity index (χ0) is 18.0. The van der Waals surface area contributed by atoms with Gasteiger partial charge in [0.05, 0.1) is 10.6 Å². The predicted octanol–water partition coefficient (Wildman–Crippen LogP) is 0.876. The van der Waals surface area contributed by atoms with Crippen molar-refractivity contribution in [2.75, 3.05) is 7.05 Å². The number of amides is 1. The maximum absolute atomic E-state index is 12.5. The fraction of sp³-hybridized carbons (Fsp3) is 0.188. The topological polar surface area (TPSA) is 105 Å². The molecule has 1 amide bonds. The summed E-state index contributed by atoms with van der Waals surface area (Å²) in [5.41, 5.74) is 2.12. The first-order valence-electron chi connectivity index (χ1n) is 7.53. The predicted molar refractivity (Wildman–Crippen MR) is 91.6 cm³/mol. The van der Waals surface area contributed by atoms with Crippen LogP contribution in [-0.4, -0.2) is 36.0 Å². The lowest BCUT2D eigenvalue weighted by atomic mass is 10.2. The monoisotopic (exact) mass is 359 g/mol. The maximum atomic E-state index is 12.5. The number of benzene rings is 1. The Balaban J connectivity index is 1.81. The lowest BCUT2D eigenvalue weighted by Crippen LogP contribution is -2.24. The van der Waals surface area contributed by atoms with Crippen molar-refractivity contribution in [3.63, 3.8) is 0 Å². The van der Waals surface area contributed by atoms with Crippen molar-refractivity contribution in [2.24, 2.45) is 0 Å². The maximum Gasteiger partial charge on any atom is 0.257 e. The lowest BCUT2D eigenvalue weighted by molar-refractivity contribution is 0.0951. The second kappa shape index (κ2) is 6.61. The molecule has 0 saturated heterocycles. The van der Waals surface area contributed by atoms with Crippen molar-refractivity contribution in [1.82, 2.24) is 24.6 Å². The van der Waals surface area contributed by atoms with E-state index in [-0.39, 0.29) is 17.3 Å². The lowest BCUT2D eigenvalue weighted by Gasteiger charge is -2.07. The molecule has 0 atom stereocenters. The van der Waals surface area contributed by atoms with Crippen molar-refractivity contribution in [1.29, 1.82) is 0 Å². The third-order valence-electron chi connectivity index (χ3n) is 3.73. The van der Waals surface area contributed by atoms with E-state index in [4.69, 9.17) is 0 Å². The molecule has 130 valence electrons. The molecule has 0 spiro atoms. The normalized spacial score (nSPS) is 11.6. The number of rotatable bonds is 5. The zero-order valence-corrected chi connectivity index (χ0v) is 14.5. The van der Waals surface area contributed by atoms with Gasteiger partial charge in [-0.1, -0.05) is 12.1 Å². The van der Waals surface area contributed by atoms with Crippen LogP contribution in [0.5, 0.6) is 0 Å². The quantitative estimate of drug-likeness (QED) is 0.703. The van der Waals surface area contributed by atoms with Crippen molar-refractivity contribution in [3.05, 3.63) is 59.5 Å². The Morgan fingerprint density at radius 2 is 2.08 bits per heavy atom. The fourth-order valence-corrected chi connectivity index (χ4v) is 3.27. The van der Waals surface area contributed by atoms with Gasteiger partial charge in [-0.05, 0) is 37.7 Å². The molecule has 8 nitrogen and oxygen atoms in total. The van der Waals surface area contributed by atoms with Crippen molar-refractivity contribution < 1.29 is 13.2 Å². The standard InChI is InChI=1S/C16H17N5O3S/c1-11-14(15-18-7-4-8-21(15)20-11)16(22)19-10-12-5-3-6-13(9-12)25(23,24)17-2/h3-9,17H,10H2,1-2H3,(H,19,22). The molecule has 0 aliphatic rings. The van der Waals surface area contributed by atoms with Gasteiger partial charge >= 0.3 is 0 Å². The van der Waals surface area contributed by atoms with E-state index in [0.717, 1.165) is 0 Å². The van der Waals surface area contributed by atoms with Gasteiger partial charge in [0.1, 0.15) is 5.56 Å². The summed E-state index contributed by atoms with van der Waals surface area (Å²) in [5, 5.41) is 7.04. The minimum absolute atomic E-state index is 0.149. The number of nitrogens with zero attached hydrogens (tertiary/aromatic N) is 3. The summed E-state index contributed by atoms with van der Waals surface area (Å²) >= 11 is 0. The van der Waals surface area contributed by atoms with Crippen LogP contribution < -0.4 is 10.0 Å². The second-order valence-electron chi connectivity index (χ2n) is 5.39. The molecule has 2 aromatic heterocycles. The van der Waals surface area contributed by atoms with Gasteiger partial charge in [0, 0.05) is 18.9 Å². The Morgan fingerprint density at radius 3 is 2.84 bits per heavy atom. The van der Waals surface area contributed by atoms with Gasteiger partial charge in [-0.15, -0.1) is 0 Å². The van der Waals surface area contributed by atoms with Gasteiger partial charge in [0.25, 0.3) is 5.91 Å². The summed E-state index contributed by atoms with van der Waals surface area (Å²) in [4.78, 5) is 16.9. The van der Waals surface area contributed by atoms with E-state index in [2.05, 4.69) is 20.1 Å². The summed E-state index contributed by atoms with van der Waals surface area (Å²) < 4.78 is 27.5. The van der Waals surface area contributed by atoms with Crippen molar-refractivity contribution in [2.45, 2.75) is 18.4 Å². The number of aryl methyl sites for hydroxylation is 1. The Labute approximate surface area is 144 Å². The van der Waals surface area contributed by atoms with E-state index in [1.165, 1.54) is 19.2 Å². The Bertz CT molecular complexity index is 1040. The molecule has 0 unspecified atom stereocenters. The van der Waals surface area contributed by atoms with Crippen LogP contribution in [0.4, 0.5) is 0 Å². The van der Waals surface area contributed by atoms with E-state index in [9.17, 15) is 13.2 Å². The number of nitrogens with one attached hydrogen (secondary N) is 2. The van der Waals surface area contributed by atoms with E-state index < -0.39 is 10.0 Å². The van der Waals surface area contributed by atoms with E-state index in [1.54, 1.807) is 42.0 Å². The van der Waals surface area contributed by atoms with Gasteiger partial charge < -0.3 is 5.32 Å². The van der Waals surface area contributed by atoms with Crippen LogP contribution in [-0.2, 0) is 16.6 Å². The number of hydrogen-bond donors (Lipinski definition) is 2. The van der Waals surface area contributed by atoms with Crippen LogP contribution in [0.3, 0.4) is 0 Å². The third kappa shape index (κ3) is 3.37. The zero-order valence-electron chi connectivity index (χ0n) is 13.7. The van der Waals surface area contributed by atoms with Crippen LogP contribution in [0.2, 0.25) is 0 Å². The van der Waals surface area contributed by atoms with Gasteiger partial charge in [-0.2, -0.15) is 5.10 Å². The molecule has 0 aliphatic carbocycles. The highest BCUT2D eigenvalue weighted by Crippen LogP contribution is 2.14. The molecule has 0 aliphatic heterocycles. The smallest absolute Gasteiger partial charge is 0.257 e.